The molecule has 2 aliphatic heterocycles. The summed E-state index contributed by atoms with van der Waals surface area (Å²) in [7, 11) is 0. The summed E-state index contributed by atoms with van der Waals surface area (Å²) in [5.74, 6) is -2.71. The minimum absolute atomic E-state index is 0.0137. The van der Waals surface area contributed by atoms with Crippen molar-refractivity contribution >= 4 is 40.9 Å². The molecule has 1 saturated heterocycles. The monoisotopic (exact) mass is 585 g/mol. The van der Waals surface area contributed by atoms with E-state index in [-0.39, 0.29) is 29.9 Å². The van der Waals surface area contributed by atoms with Gasteiger partial charge in [-0.2, -0.15) is 0 Å². The highest BCUT2D eigenvalue weighted by Crippen LogP contribution is 2.52. The van der Waals surface area contributed by atoms with Gasteiger partial charge in [-0.1, -0.05) is 47.5 Å². The first-order valence-electron chi connectivity index (χ1n) is 12.8. The Morgan fingerprint density at radius 1 is 1.10 bits per heavy atom. The van der Waals surface area contributed by atoms with Gasteiger partial charge < -0.3 is 14.2 Å². The van der Waals surface area contributed by atoms with E-state index in [0.717, 1.165) is 6.07 Å². The molecule has 10 heteroatoms. The van der Waals surface area contributed by atoms with E-state index in [1.807, 2.05) is 0 Å². The van der Waals surface area contributed by atoms with Crippen LogP contribution in [-0.2, 0) is 24.7 Å². The molecule has 208 valence electrons. The molecule has 0 radical (unpaired) electrons. The normalized spacial score (nSPS) is 20.9. The molecule has 0 bridgehead atoms. The molecule has 3 aromatic rings. The highest BCUT2D eigenvalue weighted by molar-refractivity contribution is 6.30. The summed E-state index contributed by atoms with van der Waals surface area (Å²) < 4.78 is 34.0. The lowest BCUT2D eigenvalue weighted by Crippen LogP contribution is -2.53. The number of amides is 1. The zero-order valence-corrected chi connectivity index (χ0v) is 23.3. The Bertz CT molecular complexity index is 1460. The van der Waals surface area contributed by atoms with E-state index in [1.54, 1.807) is 55.5 Å². The third-order valence-corrected chi connectivity index (χ3v) is 7.54. The first-order valence-corrected chi connectivity index (χ1v) is 13.5. The van der Waals surface area contributed by atoms with Crippen LogP contribution in [0.1, 0.15) is 63.7 Å². The highest BCUT2D eigenvalue weighted by Gasteiger charge is 2.59. The van der Waals surface area contributed by atoms with E-state index < -0.39 is 41.3 Å². The van der Waals surface area contributed by atoms with Gasteiger partial charge in [-0.15, -0.1) is 0 Å². The van der Waals surface area contributed by atoms with Gasteiger partial charge in [0.05, 0.1) is 30.4 Å². The second kappa shape index (κ2) is 11.3. The van der Waals surface area contributed by atoms with Crippen molar-refractivity contribution in [3.8, 4) is 0 Å². The standard InChI is InChI=1S/C30H26Cl2FNO6/c1-3-39-29(37)27(18-4-8-21(31)9-5-18)34-28(36)24-14-19(17(2)35)15-25(33)26(24)30(34,40-23-12-13-38-16-23)20-6-10-22(32)11-7-20/h4-11,14-15,23,27H,3,12-13,16H2,1-2H3/t23-,27+,30+/m0/s1. The van der Waals surface area contributed by atoms with Crippen LogP contribution >= 0.6 is 23.2 Å². The van der Waals surface area contributed by atoms with Crippen molar-refractivity contribution in [2.45, 2.75) is 38.1 Å². The molecule has 0 N–H and O–H groups in total. The van der Waals surface area contributed by atoms with Gasteiger partial charge in [-0.25, -0.2) is 9.18 Å². The Morgan fingerprint density at radius 2 is 1.75 bits per heavy atom. The Labute approximate surface area is 240 Å². The number of carbonyl (C=O) groups excluding carboxylic acids is 3. The summed E-state index contributed by atoms with van der Waals surface area (Å²) in [4.78, 5) is 41.6. The lowest BCUT2D eigenvalue weighted by atomic mass is 9.90. The van der Waals surface area contributed by atoms with E-state index in [0.29, 0.717) is 34.2 Å². The summed E-state index contributed by atoms with van der Waals surface area (Å²) in [6, 6.07) is 13.9. The van der Waals surface area contributed by atoms with Crippen LogP contribution in [0, 0.1) is 5.82 Å². The third kappa shape index (κ3) is 4.90. The third-order valence-electron chi connectivity index (χ3n) is 7.04. The van der Waals surface area contributed by atoms with Crippen LogP contribution in [0.25, 0.3) is 0 Å². The van der Waals surface area contributed by atoms with Gasteiger partial charge in [0.15, 0.2) is 11.8 Å². The van der Waals surface area contributed by atoms with Gasteiger partial charge in [-0.05, 0) is 62.2 Å². The number of nitrogens with zero attached hydrogens (tertiary/aromatic N) is 1. The minimum atomic E-state index is -1.94. The van der Waals surface area contributed by atoms with Crippen LogP contribution in [0.2, 0.25) is 10.0 Å². The van der Waals surface area contributed by atoms with Crippen molar-refractivity contribution < 1.29 is 33.0 Å². The second-order valence-electron chi connectivity index (χ2n) is 9.57. The molecule has 0 unspecified atom stereocenters. The molecule has 7 nitrogen and oxygen atoms in total. The Balaban J connectivity index is 1.85. The molecule has 2 heterocycles. The minimum Gasteiger partial charge on any atom is -0.464 e. The number of rotatable bonds is 8. The molecule has 1 fully saturated rings. The smallest absolute Gasteiger partial charge is 0.333 e. The number of benzene rings is 3. The van der Waals surface area contributed by atoms with Gasteiger partial charge in [0.2, 0.25) is 5.72 Å². The maximum absolute atomic E-state index is 16.3. The van der Waals surface area contributed by atoms with Crippen LogP contribution in [0.5, 0.6) is 0 Å². The quantitative estimate of drug-likeness (QED) is 0.234. The predicted molar refractivity (Wildman–Crippen MR) is 146 cm³/mol. The molecular formula is C30H26Cl2FNO6. The van der Waals surface area contributed by atoms with E-state index in [9.17, 15) is 14.4 Å². The number of hydrogen-bond donors (Lipinski definition) is 0. The van der Waals surface area contributed by atoms with Crippen LogP contribution in [0.4, 0.5) is 4.39 Å². The molecule has 0 saturated carbocycles. The number of ketones is 1. The average Bonchev–Trinajstić information content (AvgIpc) is 3.52. The molecule has 2 aliphatic rings. The van der Waals surface area contributed by atoms with Crippen molar-refractivity contribution in [2.24, 2.45) is 0 Å². The van der Waals surface area contributed by atoms with Gasteiger partial charge in [0.1, 0.15) is 5.82 Å². The number of fused-ring (bicyclic) bond motifs is 1. The van der Waals surface area contributed by atoms with E-state index in [4.69, 9.17) is 37.4 Å². The SMILES string of the molecule is CCOC(=O)[C@@H](c1ccc(Cl)cc1)N1C(=O)c2cc(C(C)=O)cc(F)c2[C@]1(O[C@H]1CCOC1)c1ccc(Cl)cc1. The fourth-order valence-electron chi connectivity index (χ4n) is 5.26. The summed E-state index contributed by atoms with van der Waals surface area (Å²) in [6.07, 6.45) is -0.0675. The lowest BCUT2D eigenvalue weighted by molar-refractivity contribution is -0.177. The number of halogens is 3. The Hall–Kier alpha value is -3.30. The van der Waals surface area contributed by atoms with Crippen LogP contribution < -0.4 is 0 Å². The van der Waals surface area contributed by atoms with Gasteiger partial charge >= 0.3 is 5.97 Å². The second-order valence-corrected chi connectivity index (χ2v) is 10.4. The number of esters is 1. The van der Waals surface area contributed by atoms with Crippen LogP contribution in [0.15, 0.2) is 60.7 Å². The summed E-state index contributed by atoms with van der Waals surface area (Å²) in [5, 5.41) is 0.828. The molecule has 5 rings (SSSR count). The van der Waals surface area contributed by atoms with Crippen molar-refractivity contribution in [1.82, 2.24) is 4.90 Å². The molecule has 0 spiro atoms. The fourth-order valence-corrected chi connectivity index (χ4v) is 5.51. The van der Waals surface area contributed by atoms with Gasteiger partial charge in [0.25, 0.3) is 5.91 Å². The Morgan fingerprint density at radius 3 is 2.33 bits per heavy atom. The largest absolute Gasteiger partial charge is 0.464 e. The van der Waals surface area contributed by atoms with Crippen molar-refractivity contribution in [2.75, 3.05) is 19.8 Å². The molecule has 3 aromatic carbocycles. The first kappa shape index (κ1) is 28.2. The van der Waals surface area contributed by atoms with Crippen molar-refractivity contribution in [3.63, 3.8) is 0 Å². The van der Waals surface area contributed by atoms with Gasteiger partial charge in [-0.3, -0.25) is 14.5 Å². The average molecular weight is 586 g/mol. The topological polar surface area (TPSA) is 82.1 Å². The summed E-state index contributed by atoms with van der Waals surface area (Å²) >= 11 is 12.3. The maximum Gasteiger partial charge on any atom is 0.333 e. The Kier molecular flexibility index (Phi) is 7.97. The fraction of sp³-hybridized carbons (Fsp3) is 0.300. The first-order chi connectivity index (χ1) is 19.2. The van der Waals surface area contributed by atoms with Crippen molar-refractivity contribution in [3.05, 3.63) is 104 Å². The molecule has 0 aliphatic carbocycles. The van der Waals surface area contributed by atoms with E-state index >= 15 is 4.39 Å². The maximum atomic E-state index is 16.3. The molecule has 40 heavy (non-hydrogen) atoms. The number of carbonyl (C=O) groups is 3. The zero-order valence-electron chi connectivity index (χ0n) is 21.8. The number of hydrogen-bond acceptors (Lipinski definition) is 6. The molecule has 1 amide bonds. The zero-order chi connectivity index (χ0) is 28.6. The molecule has 0 aromatic heterocycles. The predicted octanol–water partition coefficient (Wildman–Crippen LogP) is 6.10. The van der Waals surface area contributed by atoms with Gasteiger partial charge in [0, 0.05) is 27.8 Å². The number of ether oxygens (including phenoxy) is 3. The van der Waals surface area contributed by atoms with E-state index in [1.165, 1.54) is 17.9 Å². The van der Waals surface area contributed by atoms with Crippen LogP contribution in [0.3, 0.4) is 0 Å². The van der Waals surface area contributed by atoms with Crippen molar-refractivity contribution in [1.29, 1.82) is 0 Å². The highest BCUT2D eigenvalue weighted by atomic mass is 35.5. The van der Waals surface area contributed by atoms with Crippen LogP contribution in [-0.4, -0.2) is 48.5 Å². The molecule has 3 atom stereocenters. The summed E-state index contributed by atoms with van der Waals surface area (Å²) in [6.45, 7) is 3.57. The number of Topliss-reactive ketones (excluding diaryl/α,β-unsaturated/α-hetero) is 1. The van der Waals surface area contributed by atoms with E-state index in [2.05, 4.69) is 0 Å². The lowest BCUT2D eigenvalue weighted by Gasteiger charge is -2.44. The molecular weight excluding hydrogens is 560 g/mol. The summed E-state index contributed by atoms with van der Waals surface area (Å²) in [5.41, 5.74) is -1.40.